The highest BCUT2D eigenvalue weighted by Crippen LogP contribution is 2.16. The third-order valence-corrected chi connectivity index (χ3v) is 3.40. The van der Waals surface area contributed by atoms with E-state index in [4.69, 9.17) is 4.74 Å². The molecule has 0 aromatic heterocycles. The highest BCUT2D eigenvalue weighted by Gasteiger charge is 2.15. The zero-order valence-corrected chi connectivity index (χ0v) is 13.7. The predicted molar refractivity (Wildman–Crippen MR) is 92.9 cm³/mol. The maximum atomic E-state index is 12.3. The number of benzene rings is 2. The van der Waals surface area contributed by atoms with E-state index >= 15 is 0 Å². The number of rotatable bonds is 6. The van der Waals surface area contributed by atoms with Gasteiger partial charge in [0.1, 0.15) is 5.75 Å². The minimum Gasteiger partial charge on any atom is -0.497 e. The quantitative estimate of drug-likeness (QED) is 0.861. The Bertz CT molecular complexity index is 612. The molecule has 0 aliphatic carbocycles. The van der Waals surface area contributed by atoms with Crippen LogP contribution in [0.1, 0.15) is 11.6 Å². The molecule has 0 radical (unpaired) electrons. The topological polar surface area (TPSA) is 53.6 Å². The van der Waals surface area contributed by atoms with E-state index in [1.807, 2.05) is 73.6 Å². The minimum atomic E-state index is -0.231. The van der Waals surface area contributed by atoms with Crippen LogP contribution in [0.25, 0.3) is 0 Å². The molecule has 5 heteroatoms. The molecular weight excluding hydrogens is 290 g/mol. The van der Waals surface area contributed by atoms with Crippen LogP contribution in [-0.2, 0) is 0 Å². The molecule has 2 N–H and O–H groups in total. The molecule has 23 heavy (non-hydrogen) atoms. The number of ether oxygens (including phenoxy) is 1. The minimum absolute atomic E-state index is 0.0792. The normalized spacial score (nSPS) is 11.8. The van der Waals surface area contributed by atoms with Crippen LogP contribution in [0.5, 0.6) is 5.75 Å². The van der Waals surface area contributed by atoms with Gasteiger partial charge in [-0.2, -0.15) is 0 Å². The van der Waals surface area contributed by atoms with E-state index < -0.39 is 0 Å². The molecule has 0 spiro atoms. The van der Waals surface area contributed by atoms with Crippen LogP contribution in [0.4, 0.5) is 10.5 Å². The summed E-state index contributed by atoms with van der Waals surface area (Å²) in [5.41, 5.74) is 1.80. The Morgan fingerprint density at radius 2 is 1.74 bits per heavy atom. The molecule has 0 fully saturated rings. The van der Waals surface area contributed by atoms with Crippen molar-refractivity contribution in [3.63, 3.8) is 0 Å². The molecule has 0 saturated heterocycles. The average Bonchev–Trinajstić information content (AvgIpc) is 2.55. The second kappa shape index (κ2) is 8.19. The predicted octanol–water partition coefficient (Wildman–Crippen LogP) is 3.12. The van der Waals surface area contributed by atoms with E-state index in [9.17, 15) is 4.79 Å². The molecular formula is C18H23N3O2. The van der Waals surface area contributed by atoms with E-state index in [0.717, 1.165) is 23.5 Å². The van der Waals surface area contributed by atoms with Gasteiger partial charge < -0.3 is 20.3 Å². The first-order chi connectivity index (χ1) is 11.1. The van der Waals surface area contributed by atoms with Gasteiger partial charge in [-0.15, -0.1) is 0 Å². The number of nitrogens with one attached hydrogen (secondary N) is 2. The summed E-state index contributed by atoms with van der Waals surface area (Å²) < 4.78 is 5.11. The smallest absolute Gasteiger partial charge is 0.319 e. The number of carbonyl (C=O) groups excluding carboxylic acids is 1. The summed E-state index contributed by atoms with van der Waals surface area (Å²) in [6, 6.07) is 16.9. The number of urea groups is 1. The number of amides is 2. The zero-order valence-electron chi connectivity index (χ0n) is 13.7. The Hall–Kier alpha value is -2.53. The van der Waals surface area contributed by atoms with Crippen molar-refractivity contribution >= 4 is 11.7 Å². The van der Waals surface area contributed by atoms with Crippen molar-refractivity contribution in [3.8, 4) is 5.75 Å². The molecule has 0 aliphatic heterocycles. The number of likely N-dealkylation sites (N-methyl/N-ethyl adjacent to an activating group) is 1. The first kappa shape index (κ1) is 16.8. The highest BCUT2D eigenvalue weighted by molar-refractivity contribution is 5.89. The second-order valence-electron chi connectivity index (χ2n) is 5.55. The zero-order chi connectivity index (χ0) is 16.7. The van der Waals surface area contributed by atoms with Gasteiger partial charge >= 0.3 is 6.03 Å². The summed E-state index contributed by atoms with van der Waals surface area (Å²) in [5.74, 6) is 0.755. The van der Waals surface area contributed by atoms with Crippen molar-refractivity contribution in [1.82, 2.24) is 10.2 Å². The SMILES string of the molecule is COc1ccc(NC(=O)NC(CN(C)C)c2ccccc2)cc1. The number of hydrogen-bond acceptors (Lipinski definition) is 3. The number of carbonyl (C=O) groups is 1. The number of methoxy groups -OCH3 is 1. The van der Waals surface area contributed by atoms with Gasteiger partial charge in [0.15, 0.2) is 0 Å². The lowest BCUT2D eigenvalue weighted by atomic mass is 10.1. The molecule has 2 aromatic rings. The van der Waals surface area contributed by atoms with Crippen molar-refractivity contribution in [2.75, 3.05) is 33.1 Å². The maximum Gasteiger partial charge on any atom is 0.319 e. The highest BCUT2D eigenvalue weighted by atomic mass is 16.5. The standard InChI is InChI=1S/C18H23N3O2/c1-21(2)13-17(14-7-5-4-6-8-14)20-18(22)19-15-9-11-16(23-3)12-10-15/h4-12,17H,13H2,1-3H3,(H2,19,20,22). The van der Waals surface area contributed by atoms with Crippen molar-refractivity contribution in [3.05, 3.63) is 60.2 Å². The lowest BCUT2D eigenvalue weighted by Gasteiger charge is -2.23. The third kappa shape index (κ3) is 5.30. The van der Waals surface area contributed by atoms with Crippen molar-refractivity contribution in [1.29, 1.82) is 0 Å². The molecule has 2 aromatic carbocycles. The molecule has 122 valence electrons. The van der Waals surface area contributed by atoms with E-state index in [-0.39, 0.29) is 12.1 Å². The van der Waals surface area contributed by atoms with E-state index in [1.165, 1.54) is 0 Å². The van der Waals surface area contributed by atoms with Crippen molar-refractivity contribution in [2.45, 2.75) is 6.04 Å². The van der Waals surface area contributed by atoms with Gasteiger partial charge in [0.05, 0.1) is 13.2 Å². The summed E-state index contributed by atoms with van der Waals surface area (Å²) in [6.45, 7) is 0.722. The third-order valence-electron chi connectivity index (χ3n) is 3.40. The lowest BCUT2D eigenvalue weighted by molar-refractivity contribution is 0.244. The van der Waals surface area contributed by atoms with Gasteiger partial charge in [0, 0.05) is 12.2 Å². The first-order valence-corrected chi connectivity index (χ1v) is 7.49. The van der Waals surface area contributed by atoms with E-state index in [2.05, 4.69) is 10.6 Å². The number of hydrogen-bond donors (Lipinski definition) is 2. The van der Waals surface area contributed by atoms with Crippen LogP contribution < -0.4 is 15.4 Å². The molecule has 2 rings (SSSR count). The molecule has 5 nitrogen and oxygen atoms in total. The molecule has 2 amide bonds. The second-order valence-corrected chi connectivity index (χ2v) is 5.55. The van der Waals surface area contributed by atoms with Gasteiger partial charge in [-0.1, -0.05) is 30.3 Å². The van der Waals surface area contributed by atoms with Gasteiger partial charge in [-0.3, -0.25) is 0 Å². The largest absolute Gasteiger partial charge is 0.497 e. The Morgan fingerprint density at radius 1 is 1.09 bits per heavy atom. The van der Waals surface area contributed by atoms with Gasteiger partial charge in [-0.25, -0.2) is 4.79 Å². The molecule has 0 saturated carbocycles. The molecule has 0 bridgehead atoms. The van der Waals surface area contributed by atoms with Crippen LogP contribution in [-0.4, -0.2) is 38.7 Å². The monoisotopic (exact) mass is 313 g/mol. The van der Waals surface area contributed by atoms with Gasteiger partial charge in [-0.05, 0) is 43.9 Å². The van der Waals surface area contributed by atoms with E-state index in [1.54, 1.807) is 7.11 Å². The van der Waals surface area contributed by atoms with Crippen LogP contribution in [0, 0.1) is 0 Å². The Labute approximate surface area is 137 Å². The van der Waals surface area contributed by atoms with Gasteiger partial charge in [0.2, 0.25) is 0 Å². The van der Waals surface area contributed by atoms with Crippen LogP contribution in [0.15, 0.2) is 54.6 Å². The summed E-state index contributed by atoms with van der Waals surface area (Å²) in [6.07, 6.45) is 0. The molecule has 1 atom stereocenters. The molecule has 0 aliphatic rings. The summed E-state index contributed by atoms with van der Waals surface area (Å²) in [7, 11) is 5.58. The van der Waals surface area contributed by atoms with Crippen LogP contribution in [0.3, 0.4) is 0 Å². The summed E-state index contributed by atoms with van der Waals surface area (Å²) >= 11 is 0. The van der Waals surface area contributed by atoms with Crippen LogP contribution in [0.2, 0.25) is 0 Å². The molecule has 0 heterocycles. The van der Waals surface area contributed by atoms with Crippen molar-refractivity contribution < 1.29 is 9.53 Å². The van der Waals surface area contributed by atoms with Gasteiger partial charge in [0.25, 0.3) is 0 Å². The number of anilines is 1. The Kier molecular flexibility index (Phi) is 6.00. The fourth-order valence-corrected chi connectivity index (χ4v) is 2.28. The lowest BCUT2D eigenvalue weighted by Crippen LogP contribution is -2.37. The Balaban J connectivity index is 2.02. The number of nitrogens with zero attached hydrogens (tertiary/aromatic N) is 1. The molecule has 1 unspecified atom stereocenters. The van der Waals surface area contributed by atoms with E-state index in [0.29, 0.717) is 0 Å². The summed E-state index contributed by atoms with van der Waals surface area (Å²) in [4.78, 5) is 14.3. The average molecular weight is 313 g/mol. The maximum absolute atomic E-state index is 12.3. The first-order valence-electron chi connectivity index (χ1n) is 7.49. The fraction of sp³-hybridized carbons (Fsp3) is 0.278. The summed E-state index contributed by atoms with van der Waals surface area (Å²) in [5, 5.41) is 5.86. The van der Waals surface area contributed by atoms with Crippen LogP contribution >= 0.6 is 0 Å². The Morgan fingerprint density at radius 3 is 2.30 bits per heavy atom. The fourth-order valence-electron chi connectivity index (χ4n) is 2.28. The van der Waals surface area contributed by atoms with Crippen molar-refractivity contribution in [2.24, 2.45) is 0 Å².